The smallest absolute Gasteiger partial charge is 0.318 e. The molecule has 1 atom stereocenters. The van der Waals surface area contributed by atoms with Crippen molar-refractivity contribution in [3.63, 3.8) is 0 Å². The third-order valence-corrected chi connectivity index (χ3v) is 4.64. The molecule has 0 bridgehead atoms. The van der Waals surface area contributed by atoms with Crippen LogP contribution in [0.15, 0.2) is 24.3 Å². The SMILES string of the molecule is CNC(=O)Nc1ccc(-c2nc(CS(C)(=O)=O)cc(N[C@@H](C)CO)n2)cc1C. The maximum atomic E-state index is 11.7. The predicted molar refractivity (Wildman–Crippen MR) is 109 cm³/mol. The molecule has 0 fully saturated rings. The molecule has 0 saturated heterocycles. The van der Waals surface area contributed by atoms with E-state index < -0.39 is 9.84 Å². The van der Waals surface area contributed by atoms with E-state index in [9.17, 15) is 18.3 Å². The van der Waals surface area contributed by atoms with Gasteiger partial charge in [0.2, 0.25) is 0 Å². The van der Waals surface area contributed by atoms with Crippen LogP contribution >= 0.6 is 0 Å². The maximum Gasteiger partial charge on any atom is 0.318 e. The number of nitrogens with zero attached hydrogens (tertiary/aromatic N) is 2. The van der Waals surface area contributed by atoms with E-state index in [1.54, 1.807) is 25.1 Å². The number of hydrogen-bond acceptors (Lipinski definition) is 7. The fraction of sp³-hybridized carbons (Fsp3) is 0.389. The summed E-state index contributed by atoms with van der Waals surface area (Å²) < 4.78 is 23.4. The molecule has 0 aliphatic carbocycles. The summed E-state index contributed by atoms with van der Waals surface area (Å²) in [5.74, 6) is 0.554. The summed E-state index contributed by atoms with van der Waals surface area (Å²) in [6.07, 6.45) is 1.14. The number of benzene rings is 1. The lowest BCUT2D eigenvalue weighted by molar-refractivity contribution is 0.254. The number of carbonyl (C=O) groups is 1. The molecule has 0 spiro atoms. The highest BCUT2D eigenvalue weighted by Gasteiger charge is 2.14. The fourth-order valence-corrected chi connectivity index (χ4v) is 3.15. The standard InChI is InChI=1S/C18H25N5O4S/c1-11-7-13(5-6-15(11)22-18(25)19-3)17-21-14(10-28(4,26)27)8-16(23-17)20-12(2)9-24/h5-8,12,24H,9-10H2,1-4H3,(H2,19,22,25)(H,20,21,23)/t12-/m0/s1. The molecular weight excluding hydrogens is 382 g/mol. The summed E-state index contributed by atoms with van der Waals surface area (Å²) in [6.45, 7) is 3.52. The average molecular weight is 407 g/mol. The molecule has 0 saturated carbocycles. The second kappa shape index (κ2) is 8.98. The molecule has 4 N–H and O–H groups in total. The Kier molecular flexibility index (Phi) is 6.92. The minimum absolute atomic E-state index is 0.0975. The zero-order chi connectivity index (χ0) is 20.9. The first-order valence-electron chi connectivity index (χ1n) is 8.64. The number of rotatable bonds is 7. The summed E-state index contributed by atoms with van der Waals surface area (Å²) in [7, 11) is -1.75. The molecular formula is C18H25N5O4S. The summed E-state index contributed by atoms with van der Waals surface area (Å²) in [5, 5.41) is 17.5. The maximum absolute atomic E-state index is 11.7. The number of aromatic nitrogens is 2. The van der Waals surface area contributed by atoms with E-state index >= 15 is 0 Å². The predicted octanol–water partition coefficient (Wildman–Crippen LogP) is 1.54. The highest BCUT2D eigenvalue weighted by Crippen LogP contribution is 2.24. The van der Waals surface area contributed by atoms with Crippen molar-refractivity contribution in [1.82, 2.24) is 15.3 Å². The van der Waals surface area contributed by atoms with Crippen LogP contribution < -0.4 is 16.0 Å². The number of amides is 2. The lowest BCUT2D eigenvalue weighted by Gasteiger charge is -2.14. The number of urea groups is 1. The van der Waals surface area contributed by atoms with Gasteiger partial charge in [-0.3, -0.25) is 0 Å². The minimum atomic E-state index is -3.28. The van der Waals surface area contributed by atoms with Gasteiger partial charge in [0.05, 0.1) is 18.1 Å². The second-order valence-electron chi connectivity index (χ2n) is 6.60. The Balaban J connectivity index is 2.44. The second-order valence-corrected chi connectivity index (χ2v) is 8.74. The van der Waals surface area contributed by atoms with Gasteiger partial charge in [-0.1, -0.05) is 0 Å². The molecule has 2 rings (SSSR count). The zero-order valence-corrected chi connectivity index (χ0v) is 17.1. The van der Waals surface area contributed by atoms with Crippen LogP contribution in [0.1, 0.15) is 18.2 Å². The van der Waals surface area contributed by atoms with Gasteiger partial charge >= 0.3 is 6.03 Å². The van der Waals surface area contributed by atoms with Gasteiger partial charge in [0.1, 0.15) is 5.82 Å². The first-order chi connectivity index (χ1) is 13.1. The number of anilines is 2. The monoisotopic (exact) mass is 407 g/mol. The molecule has 0 aliphatic rings. The Labute approximate surface area is 164 Å². The van der Waals surface area contributed by atoms with Gasteiger partial charge in [-0.15, -0.1) is 0 Å². The third-order valence-electron chi connectivity index (χ3n) is 3.82. The van der Waals surface area contributed by atoms with Gasteiger partial charge in [0.25, 0.3) is 0 Å². The summed E-state index contributed by atoms with van der Waals surface area (Å²) in [4.78, 5) is 20.3. The topological polar surface area (TPSA) is 133 Å². The van der Waals surface area contributed by atoms with Gasteiger partial charge in [-0.05, 0) is 37.6 Å². The van der Waals surface area contributed by atoms with E-state index in [4.69, 9.17) is 0 Å². The van der Waals surface area contributed by atoms with Crippen LogP contribution in [0.25, 0.3) is 11.4 Å². The van der Waals surface area contributed by atoms with E-state index in [1.807, 2.05) is 13.0 Å². The molecule has 0 radical (unpaired) electrons. The molecule has 10 heteroatoms. The molecule has 28 heavy (non-hydrogen) atoms. The number of nitrogens with one attached hydrogen (secondary N) is 3. The van der Waals surface area contributed by atoms with Crippen molar-refractivity contribution in [3.8, 4) is 11.4 Å². The normalized spacial score (nSPS) is 12.3. The molecule has 1 heterocycles. The van der Waals surface area contributed by atoms with Crippen molar-refractivity contribution in [3.05, 3.63) is 35.5 Å². The Bertz CT molecular complexity index is 962. The van der Waals surface area contributed by atoms with E-state index in [2.05, 4.69) is 25.9 Å². The Morgan fingerprint density at radius 1 is 1.25 bits per heavy atom. The van der Waals surface area contributed by atoms with Gasteiger partial charge in [0.15, 0.2) is 15.7 Å². The first-order valence-corrected chi connectivity index (χ1v) is 10.7. The molecule has 1 aromatic carbocycles. The lowest BCUT2D eigenvalue weighted by Crippen LogP contribution is -2.24. The molecule has 152 valence electrons. The Hall–Kier alpha value is -2.72. The quantitative estimate of drug-likeness (QED) is 0.547. The van der Waals surface area contributed by atoms with Crippen molar-refractivity contribution < 1.29 is 18.3 Å². The van der Waals surface area contributed by atoms with Crippen LogP contribution in [-0.4, -0.2) is 55.5 Å². The van der Waals surface area contributed by atoms with Crippen LogP contribution in [-0.2, 0) is 15.6 Å². The van der Waals surface area contributed by atoms with Crippen molar-refractivity contribution >= 4 is 27.4 Å². The number of sulfone groups is 1. The van der Waals surface area contributed by atoms with Gasteiger partial charge in [-0.25, -0.2) is 23.2 Å². The lowest BCUT2D eigenvalue weighted by atomic mass is 10.1. The Morgan fingerprint density at radius 2 is 1.96 bits per heavy atom. The number of aliphatic hydroxyl groups is 1. The van der Waals surface area contributed by atoms with E-state index in [-0.39, 0.29) is 24.4 Å². The molecule has 1 aromatic heterocycles. The van der Waals surface area contributed by atoms with Gasteiger partial charge in [0, 0.05) is 36.7 Å². The molecule has 0 unspecified atom stereocenters. The summed E-state index contributed by atoms with van der Waals surface area (Å²) in [6, 6.07) is 6.27. The minimum Gasteiger partial charge on any atom is -0.394 e. The number of carbonyl (C=O) groups excluding carboxylic acids is 1. The summed E-state index contributed by atoms with van der Waals surface area (Å²) in [5.41, 5.74) is 2.47. The molecule has 2 amide bonds. The third kappa shape index (κ3) is 6.17. The molecule has 2 aromatic rings. The largest absolute Gasteiger partial charge is 0.394 e. The van der Waals surface area contributed by atoms with Crippen LogP contribution in [0, 0.1) is 6.92 Å². The van der Waals surface area contributed by atoms with Crippen LogP contribution in [0.5, 0.6) is 0 Å². The zero-order valence-electron chi connectivity index (χ0n) is 16.3. The van der Waals surface area contributed by atoms with Crippen LogP contribution in [0.2, 0.25) is 0 Å². The highest BCUT2D eigenvalue weighted by atomic mass is 32.2. The fourth-order valence-electron chi connectivity index (χ4n) is 2.47. The van der Waals surface area contributed by atoms with Crippen molar-refractivity contribution in [2.24, 2.45) is 0 Å². The Morgan fingerprint density at radius 3 is 2.54 bits per heavy atom. The molecule has 9 nitrogen and oxygen atoms in total. The van der Waals surface area contributed by atoms with Crippen molar-refractivity contribution in [2.75, 3.05) is 30.5 Å². The van der Waals surface area contributed by atoms with Crippen molar-refractivity contribution in [1.29, 1.82) is 0 Å². The molecule has 0 aliphatic heterocycles. The highest BCUT2D eigenvalue weighted by molar-refractivity contribution is 7.89. The summed E-state index contributed by atoms with van der Waals surface area (Å²) >= 11 is 0. The van der Waals surface area contributed by atoms with E-state index in [0.29, 0.717) is 28.6 Å². The van der Waals surface area contributed by atoms with E-state index in [1.165, 1.54) is 7.05 Å². The van der Waals surface area contributed by atoms with Gasteiger partial charge in [-0.2, -0.15) is 0 Å². The average Bonchev–Trinajstić information content (AvgIpc) is 2.61. The van der Waals surface area contributed by atoms with E-state index in [0.717, 1.165) is 11.8 Å². The van der Waals surface area contributed by atoms with Gasteiger partial charge < -0.3 is 21.1 Å². The number of aryl methyl sites for hydroxylation is 1. The number of hydrogen-bond donors (Lipinski definition) is 4. The van der Waals surface area contributed by atoms with Crippen LogP contribution in [0.4, 0.5) is 16.3 Å². The first kappa shape index (κ1) is 21.6. The van der Waals surface area contributed by atoms with Crippen LogP contribution in [0.3, 0.4) is 0 Å². The van der Waals surface area contributed by atoms with Crippen molar-refractivity contribution in [2.45, 2.75) is 25.6 Å². The number of aliphatic hydroxyl groups excluding tert-OH is 1.